The maximum Gasteiger partial charge on any atom is 0.142 e. The Hall–Kier alpha value is -2.45. The van der Waals surface area contributed by atoms with Gasteiger partial charge in [0.25, 0.3) is 0 Å². The molecule has 3 aromatic rings. The molecule has 0 fully saturated rings. The highest BCUT2D eigenvalue weighted by Gasteiger charge is 2.40. The second-order valence-electron chi connectivity index (χ2n) is 7.08. The molecule has 5 rings (SSSR count). The summed E-state index contributed by atoms with van der Waals surface area (Å²) in [6.45, 7) is 0. The molecule has 2 nitrogen and oxygen atoms in total. The Morgan fingerprint density at radius 1 is 1.04 bits per heavy atom. The maximum absolute atomic E-state index is 6.60. The predicted molar refractivity (Wildman–Crippen MR) is 108 cm³/mol. The zero-order valence-electron chi connectivity index (χ0n) is 14.6. The monoisotopic (exact) mass is 361 g/mol. The van der Waals surface area contributed by atoms with Gasteiger partial charge in [-0.3, -0.25) is 0 Å². The summed E-state index contributed by atoms with van der Waals surface area (Å²) in [6, 6.07) is 19.3. The summed E-state index contributed by atoms with van der Waals surface area (Å²) in [7, 11) is 1.72. The van der Waals surface area contributed by atoms with E-state index >= 15 is 0 Å². The van der Waals surface area contributed by atoms with Crippen LogP contribution in [0.4, 0.5) is 5.69 Å². The SMILES string of the molecule is COc1ccc(Cl)c2c1N[C@H](c1cccc3ccccc13)[C@@H]1CC=C[C@@H]21. The van der Waals surface area contributed by atoms with Gasteiger partial charge in [0.1, 0.15) is 5.75 Å². The van der Waals surface area contributed by atoms with Crippen molar-refractivity contribution in [2.75, 3.05) is 12.4 Å². The van der Waals surface area contributed by atoms with Crippen LogP contribution in [0.3, 0.4) is 0 Å². The molecule has 0 spiro atoms. The van der Waals surface area contributed by atoms with Crippen LogP contribution in [0.1, 0.15) is 29.5 Å². The Kier molecular flexibility index (Phi) is 3.68. The summed E-state index contributed by atoms with van der Waals surface area (Å²) < 4.78 is 5.64. The fraction of sp³-hybridized carbons (Fsp3) is 0.217. The number of hydrogen-bond donors (Lipinski definition) is 1. The highest BCUT2D eigenvalue weighted by molar-refractivity contribution is 6.32. The molecule has 1 aliphatic heterocycles. The molecule has 1 N–H and O–H groups in total. The number of methoxy groups -OCH3 is 1. The van der Waals surface area contributed by atoms with E-state index < -0.39 is 0 Å². The number of fused-ring (bicyclic) bond motifs is 4. The van der Waals surface area contributed by atoms with E-state index in [4.69, 9.17) is 16.3 Å². The third-order valence-corrected chi connectivity index (χ3v) is 6.14. The molecule has 0 radical (unpaired) electrons. The van der Waals surface area contributed by atoms with Gasteiger partial charge < -0.3 is 10.1 Å². The van der Waals surface area contributed by atoms with Gasteiger partial charge in [-0.2, -0.15) is 0 Å². The van der Waals surface area contributed by atoms with Crippen LogP contribution in [0, 0.1) is 5.92 Å². The number of allylic oxidation sites excluding steroid dienone is 2. The fourth-order valence-corrected chi connectivity index (χ4v) is 4.92. The molecule has 2 aliphatic rings. The third-order valence-electron chi connectivity index (χ3n) is 5.81. The molecule has 0 amide bonds. The first-order valence-electron chi connectivity index (χ1n) is 9.05. The normalized spacial score (nSPS) is 23.4. The largest absolute Gasteiger partial charge is 0.495 e. The molecule has 0 aromatic heterocycles. The predicted octanol–water partition coefficient (Wildman–Crippen LogP) is 6.33. The molecule has 0 saturated carbocycles. The van der Waals surface area contributed by atoms with Crippen LogP contribution >= 0.6 is 11.6 Å². The molecule has 1 aliphatic carbocycles. The number of rotatable bonds is 2. The van der Waals surface area contributed by atoms with Gasteiger partial charge in [-0.05, 0) is 40.8 Å². The lowest BCUT2D eigenvalue weighted by Crippen LogP contribution is -2.29. The summed E-state index contributed by atoms with van der Waals surface area (Å²) in [5.41, 5.74) is 3.54. The zero-order chi connectivity index (χ0) is 17.7. The highest BCUT2D eigenvalue weighted by Crippen LogP contribution is 2.54. The second kappa shape index (κ2) is 6.07. The van der Waals surface area contributed by atoms with Crippen molar-refractivity contribution >= 4 is 28.1 Å². The Labute approximate surface area is 158 Å². The van der Waals surface area contributed by atoms with Crippen LogP contribution in [0.15, 0.2) is 66.7 Å². The zero-order valence-corrected chi connectivity index (χ0v) is 15.3. The Balaban J connectivity index is 1.71. The van der Waals surface area contributed by atoms with E-state index in [0.717, 1.165) is 22.9 Å². The molecule has 0 saturated heterocycles. The summed E-state index contributed by atoms with van der Waals surface area (Å²) >= 11 is 6.60. The summed E-state index contributed by atoms with van der Waals surface area (Å²) in [4.78, 5) is 0. The van der Waals surface area contributed by atoms with Crippen molar-refractivity contribution in [2.45, 2.75) is 18.4 Å². The maximum atomic E-state index is 6.60. The lowest BCUT2D eigenvalue weighted by Gasteiger charge is -2.39. The molecule has 3 heteroatoms. The summed E-state index contributed by atoms with van der Waals surface area (Å²) in [5.74, 6) is 1.63. The van der Waals surface area contributed by atoms with Crippen LogP contribution < -0.4 is 10.1 Å². The lowest BCUT2D eigenvalue weighted by molar-refractivity contribution is 0.398. The van der Waals surface area contributed by atoms with Gasteiger partial charge in [-0.1, -0.05) is 66.2 Å². The number of hydrogen-bond acceptors (Lipinski definition) is 2. The van der Waals surface area contributed by atoms with E-state index in [1.807, 2.05) is 12.1 Å². The van der Waals surface area contributed by atoms with E-state index in [1.165, 1.54) is 21.9 Å². The van der Waals surface area contributed by atoms with Gasteiger partial charge in [-0.25, -0.2) is 0 Å². The molecule has 130 valence electrons. The van der Waals surface area contributed by atoms with Gasteiger partial charge in [0, 0.05) is 16.5 Å². The van der Waals surface area contributed by atoms with Crippen molar-refractivity contribution in [1.82, 2.24) is 0 Å². The van der Waals surface area contributed by atoms with E-state index in [-0.39, 0.29) is 6.04 Å². The molecule has 0 bridgehead atoms. The van der Waals surface area contributed by atoms with Crippen molar-refractivity contribution in [2.24, 2.45) is 5.92 Å². The van der Waals surface area contributed by atoms with Crippen molar-refractivity contribution in [1.29, 1.82) is 0 Å². The number of ether oxygens (including phenoxy) is 1. The van der Waals surface area contributed by atoms with Crippen molar-refractivity contribution in [3.05, 3.63) is 82.9 Å². The first-order valence-corrected chi connectivity index (χ1v) is 9.43. The van der Waals surface area contributed by atoms with E-state index in [2.05, 4.69) is 59.9 Å². The first kappa shape index (κ1) is 15.8. The highest BCUT2D eigenvalue weighted by atomic mass is 35.5. The average Bonchev–Trinajstić information content (AvgIpc) is 3.17. The molecule has 26 heavy (non-hydrogen) atoms. The lowest BCUT2D eigenvalue weighted by atomic mass is 9.76. The molecule has 1 heterocycles. The molecular weight excluding hydrogens is 342 g/mol. The van der Waals surface area contributed by atoms with E-state index in [1.54, 1.807) is 7.11 Å². The number of halogens is 1. The van der Waals surface area contributed by atoms with Crippen molar-refractivity contribution < 1.29 is 4.74 Å². The minimum Gasteiger partial charge on any atom is -0.495 e. The standard InChI is InChI=1S/C23H20ClNO/c1-26-20-13-12-19(24)21-16-9-5-11-18(16)22(25-23(20)21)17-10-4-7-14-6-2-3-8-15(14)17/h2-10,12-13,16,18,22,25H,11H2,1H3/t16-,18-,22-/m1/s1. The minimum absolute atomic E-state index is 0.223. The Morgan fingerprint density at radius 3 is 2.77 bits per heavy atom. The van der Waals surface area contributed by atoms with Gasteiger partial charge >= 0.3 is 0 Å². The fourth-order valence-electron chi connectivity index (χ4n) is 4.64. The number of anilines is 1. The summed E-state index contributed by atoms with van der Waals surface area (Å²) in [5, 5.41) is 7.18. The molecule has 0 unspecified atom stereocenters. The van der Waals surface area contributed by atoms with Gasteiger partial charge in [0.2, 0.25) is 0 Å². The molecule has 3 atom stereocenters. The van der Waals surface area contributed by atoms with Gasteiger partial charge in [0.05, 0.1) is 18.8 Å². The van der Waals surface area contributed by atoms with Crippen LogP contribution in [-0.4, -0.2) is 7.11 Å². The topological polar surface area (TPSA) is 21.3 Å². The van der Waals surface area contributed by atoms with Gasteiger partial charge in [0.15, 0.2) is 0 Å². The van der Waals surface area contributed by atoms with Crippen LogP contribution in [0.25, 0.3) is 10.8 Å². The van der Waals surface area contributed by atoms with Crippen LogP contribution in [0.5, 0.6) is 5.75 Å². The average molecular weight is 362 g/mol. The van der Waals surface area contributed by atoms with Crippen molar-refractivity contribution in [3.8, 4) is 5.75 Å². The van der Waals surface area contributed by atoms with Gasteiger partial charge in [-0.15, -0.1) is 0 Å². The van der Waals surface area contributed by atoms with E-state index in [9.17, 15) is 0 Å². The van der Waals surface area contributed by atoms with E-state index in [0.29, 0.717) is 11.8 Å². The van der Waals surface area contributed by atoms with Crippen molar-refractivity contribution in [3.63, 3.8) is 0 Å². The second-order valence-corrected chi connectivity index (χ2v) is 7.49. The Bertz CT molecular complexity index is 1020. The Morgan fingerprint density at radius 2 is 1.88 bits per heavy atom. The molecule has 3 aromatic carbocycles. The molecular formula is C23H20ClNO. The van der Waals surface area contributed by atoms with Crippen LogP contribution in [0.2, 0.25) is 5.02 Å². The minimum atomic E-state index is 0.223. The summed E-state index contributed by atoms with van der Waals surface area (Å²) in [6.07, 6.45) is 5.66. The smallest absolute Gasteiger partial charge is 0.142 e. The first-order chi connectivity index (χ1) is 12.8. The third kappa shape index (κ3) is 2.25. The van der Waals surface area contributed by atoms with Crippen LogP contribution in [-0.2, 0) is 0 Å². The number of benzene rings is 3. The number of nitrogens with one attached hydrogen (secondary N) is 1. The quantitative estimate of drug-likeness (QED) is 0.538.